The second-order valence-corrected chi connectivity index (χ2v) is 3.31. The minimum absolute atomic E-state index is 0.500. The Morgan fingerprint density at radius 3 is 2.92 bits per heavy atom. The fraction of sp³-hybridized carbons (Fsp3) is 0.333. The van der Waals surface area contributed by atoms with E-state index in [9.17, 15) is 0 Å². The van der Waals surface area contributed by atoms with Crippen molar-refractivity contribution in [2.45, 2.75) is 20.3 Å². The average Bonchev–Trinajstić information content (AvgIpc) is 2.40. The highest BCUT2D eigenvalue weighted by atomic mass is 35.5. The lowest BCUT2D eigenvalue weighted by Crippen LogP contribution is -1.96. The van der Waals surface area contributed by atoms with Crippen LogP contribution in [-0.4, -0.2) is 14.6 Å². The first kappa shape index (κ1) is 8.51. The van der Waals surface area contributed by atoms with Crippen molar-refractivity contribution in [2.75, 3.05) is 0 Å². The Labute approximate surface area is 81.4 Å². The normalized spacial score (nSPS) is 11.0. The highest BCUT2D eigenvalue weighted by Gasteiger charge is 2.07. The number of nitrogens with zero attached hydrogens (tertiary/aromatic N) is 3. The molecule has 3 nitrogen and oxygen atoms in total. The molecule has 2 aromatic heterocycles. The van der Waals surface area contributed by atoms with Gasteiger partial charge in [-0.15, -0.1) is 0 Å². The summed E-state index contributed by atoms with van der Waals surface area (Å²) in [5, 5.41) is 4.69. The van der Waals surface area contributed by atoms with Crippen molar-refractivity contribution in [3.05, 3.63) is 28.7 Å². The first-order chi connectivity index (χ1) is 6.22. The SMILES string of the molecule is CCc1c(C)nc2ccc(Cl)nn12. The standard InChI is InChI=1S/C9H10ClN3/c1-3-7-6(2)11-9-5-4-8(10)12-13(7)9/h4-5H,3H2,1-2H3. The molecule has 0 saturated heterocycles. The maximum Gasteiger partial charge on any atom is 0.154 e. The summed E-state index contributed by atoms with van der Waals surface area (Å²) in [5.74, 6) is 0. The van der Waals surface area contributed by atoms with Crippen molar-refractivity contribution >= 4 is 17.2 Å². The van der Waals surface area contributed by atoms with Gasteiger partial charge in [0.15, 0.2) is 5.65 Å². The van der Waals surface area contributed by atoms with Gasteiger partial charge in [0.1, 0.15) is 5.15 Å². The van der Waals surface area contributed by atoms with Crippen LogP contribution in [-0.2, 0) is 6.42 Å². The maximum absolute atomic E-state index is 5.80. The molecule has 0 unspecified atom stereocenters. The van der Waals surface area contributed by atoms with Gasteiger partial charge in [0.05, 0.1) is 11.4 Å². The van der Waals surface area contributed by atoms with Gasteiger partial charge in [-0.3, -0.25) is 0 Å². The third-order valence-corrected chi connectivity index (χ3v) is 2.27. The number of imidazole rings is 1. The molecule has 0 aromatic carbocycles. The minimum atomic E-state index is 0.500. The van der Waals surface area contributed by atoms with Gasteiger partial charge in [0, 0.05) is 0 Å². The molecule has 2 rings (SSSR count). The van der Waals surface area contributed by atoms with Gasteiger partial charge in [-0.1, -0.05) is 18.5 Å². The maximum atomic E-state index is 5.80. The third-order valence-electron chi connectivity index (χ3n) is 2.07. The van der Waals surface area contributed by atoms with Crippen molar-refractivity contribution in [1.82, 2.24) is 14.6 Å². The molecule has 0 aliphatic carbocycles. The van der Waals surface area contributed by atoms with Gasteiger partial charge in [0.2, 0.25) is 0 Å². The molecule has 0 bridgehead atoms. The Hall–Kier alpha value is -1.09. The fourth-order valence-corrected chi connectivity index (χ4v) is 1.61. The summed E-state index contributed by atoms with van der Waals surface area (Å²) >= 11 is 5.80. The molecule has 0 aliphatic rings. The lowest BCUT2D eigenvalue weighted by atomic mass is 10.3. The number of hydrogen-bond acceptors (Lipinski definition) is 2. The molecular weight excluding hydrogens is 186 g/mol. The molecule has 0 atom stereocenters. The van der Waals surface area contributed by atoms with E-state index in [1.54, 1.807) is 10.6 Å². The van der Waals surface area contributed by atoms with Crippen LogP contribution in [0.2, 0.25) is 5.15 Å². The smallest absolute Gasteiger partial charge is 0.154 e. The van der Waals surface area contributed by atoms with Crippen LogP contribution in [0.1, 0.15) is 18.3 Å². The van der Waals surface area contributed by atoms with Crippen LogP contribution in [0.15, 0.2) is 12.1 Å². The summed E-state index contributed by atoms with van der Waals surface area (Å²) in [4.78, 5) is 4.37. The Kier molecular flexibility index (Phi) is 1.96. The molecule has 2 heterocycles. The molecule has 0 saturated carbocycles. The van der Waals surface area contributed by atoms with Crippen LogP contribution in [0, 0.1) is 6.92 Å². The molecule has 0 amide bonds. The number of hydrogen-bond donors (Lipinski definition) is 0. The van der Waals surface area contributed by atoms with Crippen molar-refractivity contribution in [3.8, 4) is 0 Å². The van der Waals surface area contributed by atoms with Gasteiger partial charge in [-0.05, 0) is 25.5 Å². The van der Waals surface area contributed by atoms with E-state index in [0.29, 0.717) is 5.15 Å². The Bertz CT molecular complexity index is 447. The molecule has 0 spiro atoms. The molecule has 0 radical (unpaired) electrons. The summed E-state index contributed by atoms with van der Waals surface area (Å²) in [5.41, 5.74) is 3.01. The van der Waals surface area contributed by atoms with Gasteiger partial charge >= 0.3 is 0 Å². The fourth-order valence-electron chi connectivity index (χ4n) is 1.47. The zero-order chi connectivity index (χ0) is 9.42. The van der Waals surface area contributed by atoms with Crippen molar-refractivity contribution in [1.29, 1.82) is 0 Å². The summed E-state index contributed by atoms with van der Waals surface area (Å²) in [6, 6.07) is 3.63. The molecule has 0 N–H and O–H groups in total. The Morgan fingerprint density at radius 1 is 1.46 bits per heavy atom. The predicted molar refractivity (Wildman–Crippen MR) is 52.1 cm³/mol. The summed E-state index contributed by atoms with van der Waals surface area (Å²) in [7, 11) is 0. The number of aromatic nitrogens is 3. The second kappa shape index (κ2) is 3.00. The third kappa shape index (κ3) is 1.29. The molecule has 0 aliphatic heterocycles. The molecular formula is C9H10ClN3. The van der Waals surface area contributed by atoms with Crippen LogP contribution in [0.5, 0.6) is 0 Å². The van der Waals surface area contributed by atoms with Gasteiger partial charge in [0.25, 0.3) is 0 Å². The lowest BCUT2D eigenvalue weighted by Gasteiger charge is -1.97. The Balaban J connectivity index is 2.80. The van der Waals surface area contributed by atoms with Gasteiger partial charge in [-0.2, -0.15) is 5.10 Å². The summed E-state index contributed by atoms with van der Waals surface area (Å²) in [6.07, 6.45) is 0.917. The number of halogens is 1. The van der Waals surface area contributed by atoms with E-state index in [2.05, 4.69) is 17.0 Å². The lowest BCUT2D eigenvalue weighted by molar-refractivity contribution is 0.853. The largest absolute Gasteiger partial charge is 0.232 e. The van der Waals surface area contributed by atoms with E-state index in [4.69, 9.17) is 11.6 Å². The quantitative estimate of drug-likeness (QED) is 0.699. The first-order valence-electron chi connectivity index (χ1n) is 4.23. The Morgan fingerprint density at radius 2 is 2.23 bits per heavy atom. The molecule has 68 valence electrons. The first-order valence-corrected chi connectivity index (χ1v) is 4.61. The monoisotopic (exact) mass is 195 g/mol. The molecule has 2 aromatic rings. The molecule has 0 fully saturated rings. The van der Waals surface area contributed by atoms with Crippen LogP contribution >= 0.6 is 11.6 Å². The highest BCUT2D eigenvalue weighted by molar-refractivity contribution is 6.29. The second-order valence-electron chi connectivity index (χ2n) is 2.92. The van der Waals surface area contributed by atoms with E-state index in [0.717, 1.165) is 23.5 Å². The van der Waals surface area contributed by atoms with Gasteiger partial charge < -0.3 is 0 Å². The van der Waals surface area contributed by atoms with Crippen molar-refractivity contribution < 1.29 is 0 Å². The number of aryl methyl sites for hydroxylation is 2. The van der Waals surface area contributed by atoms with E-state index in [1.165, 1.54) is 0 Å². The minimum Gasteiger partial charge on any atom is -0.232 e. The summed E-state index contributed by atoms with van der Waals surface area (Å²) in [6.45, 7) is 4.07. The van der Waals surface area contributed by atoms with Crippen LogP contribution in [0.3, 0.4) is 0 Å². The van der Waals surface area contributed by atoms with E-state index in [1.807, 2.05) is 13.0 Å². The van der Waals surface area contributed by atoms with Crippen molar-refractivity contribution in [3.63, 3.8) is 0 Å². The summed E-state index contributed by atoms with van der Waals surface area (Å²) < 4.78 is 1.80. The number of rotatable bonds is 1. The van der Waals surface area contributed by atoms with Gasteiger partial charge in [-0.25, -0.2) is 9.50 Å². The van der Waals surface area contributed by atoms with Crippen LogP contribution in [0.4, 0.5) is 0 Å². The molecule has 4 heteroatoms. The van der Waals surface area contributed by atoms with Crippen molar-refractivity contribution in [2.24, 2.45) is 0 Å². The van der Waals surface area contributed by atoms with E-state index < -0.39 is 0 Å². The predicted octanol–water partition coefficient (Wildman–Crippen LogP) is 2.25. The number of fused-ring (bicyclic) bond motifs is 1. The van der Waals surface area contributed by atoms with Crippen LogP contribution < -0.4 is 0 Å². The van der Waals surface area contributed by atoms with Crippen LogP contribution in [0.25, 0.3) is 5.65 Å². The topological polar surface area (TPSA) is 30.2 Å². The highest BCUT2D eigenvalue weighted by Crippen LogP contribution is 2.13. The zero-order valence-corrected chi connectivity index (χ0v) is 8.34. The van der Waals surface area contributed by atoms with E-state index in [-0.39, 0.29) is 0 Å². The molecule has 13 heavy (non-hydrogen) atoms. The average molecular weight is 196 g/mol. The van der Waals surface area contributed by atoms with E-state index >= 15 is 0 Å². The zero-order valence-electron chi connectivity index (χ0n) is 7.58.